The smallest absolute Gasteiger partial charge is 0.371 e. The van der Waals surface area contributed by atoms with Crippen LogP contribution in [0.1, 0.15) is 16.3 Å². The van der Waals surface area contributed by atoms with Crippen molar-refractivity contribution >= 4 is 23.3 Å². The number of carbonyl (C=O) groups is 1. The summed E-state index contributed by atoms with van der Waals surface area (Å²) in [5.74, 6) is 0.651. The first kappa shape index (κ1) is 16.0. The third-order valence-electron chi connectivity index (χ3n) is 3.26. The third-order valence-corrected chi connectivity index (χ3v) is 3.57. The van der Waals surface area contributed by atoms with Crippen LogP contribution in [0.25, 0.3) is 0 Å². The molecule has 0 radical (unpaired) electrons. The molecule has 1 aromatic heterocycles. The van der Waals surface area contributed by atoms with E-state index in [2.05, 4.69) is 5.32 Å². The molecule has 5 nitrogen and oxygen atoms in total. The molecule has 0 fully saturated rings. The number of halogens is 1. The third kappa shape index (κ3) is 3.88. The average molecular weight is 344 g/mol. The molecular formula is C18H14ClNO4. The van der Waals surface area contributed by atoms with Gasteiger partial charge in [-0.25, -0.2) is 4.79 Å². The zero-order valence-corrected chi connectivity index (χ0v) is 13.3. The molecule has 122 valence electrons. The zero-order chi connectivity index (χ0) is 16.9. The van der Waals surface area contributed by atoms with Gasteiger partial charge in [0.1, 0.15) is 17.3 Å². The van der Waals surface area contributed by atoms with Crippen molar-refractivity contribution in [1.82, 2.24) is 0 Å². The monoisotopic (exact) mass is 343 g/mol. The first-order valence-corrected chi connectivity index (χ1v) is 7.58. The van der Waals surface area contributed by atoms with Crippen LogP contribution < -0.4 is 10.1 Å². The Morgan fingerprint density at radius 1 is 1.08 bits per heavy atom. The Balaban J connectivity index is 1.60. The number of anilines is 1. The minimum Gasteiger partial charge on any atom is -0.475 e. The summed E-state index contributed by atoms with van der Waals surface area (Å²) < 4.78 is 10.9. The Labute approximate surface area is 143 Å². The molecule has 2 aromatic carbocycles. The van der Waals surface area contributed by atoms with Crippen LogP contribution in [0, 0.1) is 0 Å². The van der Waals surface area contributed by atoms with E-state index < -0.39 is 5.97 Å². The van der Waals surface area contributed by atoms with Crippen LogP contribution in [0.3, 0.4) is 0 Å². The highest BCUT2D eigenvalue weighted by molar-refractivity contribution is 6.32. The molecule has 0 amide bonds. The molecule has 6 heteroatoms. The molecule has 0 aliphatic rings. The summed E-state index contributed by atoms with van der Waals surface area (Å²) in [6.45, 7) is 0.387. The van der Waals surface area contributed by atoms with Crippen molar-refractivity contribution in [2.75, 3.05) is 5.32 Å². The van der Waals surface area contributed by atoms with Crippen molar-refractivity contribution in [3.05, 3.63) is 77.2 Å². The lowest BCUT2D eigenvalue weighted by atomic mass is 10.3. The van der Waals surface area contributed by atoms with Crippen molar-refractivity contribution in [3.63, 3.8) is 0 Å². The first-order chi connectivity index (χ1) is 11.6. The number of furan rings is 1. The number of aromatic carboxylic acids is 1. The summed E-state index contributed by atoms with van der Waals surface area (Å²) in [5, 5.41) is 12.5. The van der Waals surface area contributed by atoms with E-state index in [0.717, 1.165) is 5.69 Å². The van der Waals surface area contributed by atoms with E-state index >= 15 is 0 Å². The van der Waals surface area contributed by atoms with Crippen molar-refractivity contribution in [2.24, 2.45) is 0 Å². The van der Waals surface area contributed by atoms with Gasteiger partial charge < -0.3 is 19.6 Å². The van der Waals surface area contributed by atoms with Gasteiger partial charge in [0, 0.05) is 5.69 Å². The number of ether oxygens (including phenoxy) is 1. The van der Waals surface area contributed by atoms with Gasteiger partial charge in [-0.05, 0) is 48.5 Å². The van der Waals surface area contributed by atoms with Crippen molar-refractivity contribution in [2.45, 2.75) is 6.54 Å². The van der Waals surface area contributed by atoms with Crippen LogP contribution >= 0.6 is 11.6 Å². The van der Waals surface area contributed by atoms with Gasteiger partial charge in [0.15, 0.2) is 0 Å². The molecule has 0 saturated heterocycles. The molecule has 3 aromatic rings. The van der Waals surface area contributed by atoms with Crippen LogP contribution in [0.15, 0.2) is 65.1 Å². The molecule has 0 unspecified atom stereocenters. The molecule has 0 atom stereocenters. The Bertz CT molecular complexity index is 842. The lowest BCUT2D eigenvalue weighted by Gasteiger charge is -2.09. The fourth-order valence-corrected chi connectivity index (χ4v) is 2.25. The van der Waals surface area contributed by atoms with Gasteiger partial charge in [-0.2, -0.15) is 0 Å². The highest BCUT2D eigenvalue weighted by atomic mass is 35.5. The maximum absolute atomic E-state index is 10.8. The van der Waals surface area contributed by atoms with Gasteiger partial charge in [0.2, 0.25) is 5.76 Å². The van der Waals surface area contributed by atoms with Crippen molar-refractivity contribution in [1.29, 1.82) is 0 Å². The number of nitrogens with one attached hydrogen (secondary N) is 1. The molecular weight excluding hydrogens is 330 g/mol. The predicted molar refractivity (Wildman–Crippen MR) is 91.0 cm³/mol. The normalized spacial score (nSPS) is 10.4. The fourth-order valence-electron chi connectivity index (χ4n) is 2.07. The van der Waals surface area contributed by atoms with E-state index in [-0.39, 0.29) is 5.76 Å². The Morgan fingerprint density at radius 3 is 2.50 bits per heavy atom. The quantitative estimate of drug-likeness (QED) is 0.656. The summed E-state index contributed by atoms with van der Waals surface area (Å²) >= 11 is 6.06. The second-order valence-electron chi connectivity index (χ2n) is 4.98. The standard InChI is InChI=1S/C18H14ClNO4/c19-15-3-1-2-4-16(15)23-13-7-5-12(6-8-13)20-11-14-9-10-17(24-14)18(21)22/h1-10,20H,11H2,(H,21,22). The molecule has 1 heterocycles. The number of rotatable bonds is 6. The van der Waals surface area contributed by atoms with E-state index in [0.29, 0.717) is 28.8 Å². The van der Waals surface area contributed by atoms with Gasteiger partial charge in [-0.3, -0.25) is 0 Å². The Hall–Kier alpha value is -2.92. The zero-order valence-electron chi connectivity index (χ0n) is 12.5. The number of carboxylic acid groups (broad SMARTS) is 1. The maximum atomic E-state index is 10.8. The van der Waals surface area contributed by atoms with Crippen LogP contribution in [-0.4, -0.2) is 11.1 Å². The van der Waals surface area contributed by atoms with E-state index in [4.69, 9.17) is 25.9 Å². The van der Waals surface area contributed by atoms with Gasteiger partial charge >= 0.3 is 5.97 Å². The molecule has 3 rings (SSSR count). The largest absolute Gasteiger partial charge is 0.475 e. The number of hydrogen-bond acceptors (Lipinski definition) is 4. The lowest BCUT2D eigenvalue weighted by Crippen LogP contribution is -1.98. The molecule has 0 aliphatic heterocycles. The number of hydrogen-bond donors (Lipinski definition) is 2. The van der Waals surface area contributed by atoms with Gasteiger partial charge in [-0.15, -0.1) is 0 Å². The van der Waals surface area contributed by atoms with Gasteiger partial charge in [-0.1, -0.05) is 23.7 Å². The van der Waals surface area contributed by atoms with Crippen LogP contribution in [-0.2, 0) is 6.54 Å². The summed E-state index contributed by atoms with van der Waals surface area (Å²) in [5.41, 5.74) is 0.856. The SMILES string of the molecule is O=C(O)c1ccc(CNc2ccc(Oc3ccccc3Cl)cc2)o1. The highest BCUT2D eigenvalue weighted by Crippen LogP contribution is 2.29. The molecule has 0 saturated carbocycles. The Kier molecular flexibility index (Phi) is 4.72. The molecule has 0 bridgehead atoms. The summed E-state index contributed by atoms with van der Waals surface area (Å²) in [6.07, 6.45) is 0. The fraction of sp³-hybridized carbons (Fsp3) is 0.0556. The van der Waals surface area contributed by atoms with Crippen molar-refractivity contribution in [3.8, 4) is 11.5 Å². The number of benzene rings is 2. The summed E-state index contributed by atoms with van der Waals surface area (Å²) in [4.78, 5) is 10.8. The van der Waals surface area contributed by atoms with E-state index in [1.807, 2.05) is 36.4 Å². The topological polar surface area (TPSA) is 71.7 Å². The maximum Gasteiger partial charge on any atom is 0.371 e. The number of para-hydroxylation sites is 1. The Morgan fingerprint density at radius 2 is 1.83 bits per heavy atom. The average Bonchev–Trinajstić information content (AvgIpc) is 3.06. The number of carboxylic acids is 1. The predicted octanol–water partition coefficient (Wildman–Crippen LogP) is 5.04. The second-order valence-corrected chi connectivity index (χ2v) is 5.39. The van der Waals surface area contributed by atoms with Gasteiger partial charge in [0.25, 0.3) is 0 Å². The minimum absolute atomic E-state index is 0.0738. The molecule has 0 aliphatic carbocycles. The summed E-state index contributed by atoms with van der Waals surface area (Å²) in [7, 11) is 0. The minimum atomic E-state index is -1.08. The van der Waals surface area contributed by atoms with Gasteiger partial charge in [0.05, 0.1) is 11.6 Å². The van der Waals surface area contributed by atoms with Crippen LogP contribution in [0.2, 0.25) is 5.02 Å². The van der Waals surface area contributed by atoms with Crippen LogP contribution in [0.4, 0.5) is 5.69 Å². The molecule has 24 heavy (non-hydrogen) atoms. The van der Waals surface area contributed by atoms with Crippen LogP contribution in [0.5, 0.6) is 11.5 Å². The van der Waals surface area contributed by atoms with E-state index in [1.54, 1.807) is 18.2 Å². The van der Waals surface area contributed by atoms with Crippen molar-refractivity contribution < 1.29 is 19.1 Å². The molecule has 2 N–H and O–H groups in total. The first-order valence-electron chi connectivity index (χ1n) is 7.20. The van der Waals surface area contributed by atoms with E-state index in [1.165, 1.54) is 6.07 Å². The highest BCUT2D eigenvalue weighted by Gasteiger charge is 2.08. The molecule has 0 spiro atoms. The second kappa shape index (κ2) is 7.10. The van der Waals surface area contributed by atoms with E-state index in [9.17, 15) is 4.79 Å². The summed E-state index contributed by atoms with van der Waals surface area (Å²) in [6, 6.07) is 17.7. The lowest BCUT2D eigenvalue weighted by molar-refractivity contribution is 0.0660.